The van der Waals surface area contributed by atoms with Crippen molar-refractivity contribution in [3.8, 4) is 22.6 Å². The number of nitrogens with zero attached hydrogens (tertiary/aromatic N) is 2. The first-order valence-electron chi connectivity index (χ1n) is 13.1. The van der Waals surface area contributed by atoms with E-state index in [-0.39, 0.29) is 17.7 Å². The Kier molecular flexibility index (Phi) is 9.60. The number of hydrogen-bond donors (Lipinski definition) is 2. The summed E-state index contributed by atoms with van der Waals surface area (Å²) in [6, 6.07) is 9.21. The highest BCUT2D eigenvalue weighted by Crippen LogP contribution is 2.40. The molecule has 2 amide bonds. The van der Waals surface area contributed by atoms with Crippen molar-refractivity contribution in [2.45, 2.75) is 39.4 Å². The highest BCUT2D eigenvalue weighted by Gasteiger charge is 2.24. The minimum atomic E-state index is -0.711. The van der Waals surface area contributed by atoms with Crippen LogP contribution in [-0.4, -0.2) is 55.0 Å². The van der Waals surface area contributed by atoms with Gasteiger partial charge in [-0.3, -0.25) is 19.5 Å². The van der Waals surface area contributed by atoms with Crippen LogP contribution >= 0.6 is 11.6 Å². The summed E-state index contributed by atoms with van der Waals surface area (Å²) >= 11 is 6.36. The van der Waals surface area contributed by atoms with Gasteiger partial charge in [0.1, 0.15) is 11.9 Å². The molecule has 0 saturated heterocycles. The molecule has 4 bridgehead atoms. The first-order valence-corrected chi connectivity index (χ1v) is 13.5. The molecule has 212 valence electrons. The Balaban J connectivity index is 1.80. The van der Waals surface area contributed by atoms with E-state index in [0.29, 0.717) is 65.8 Å². The van der Waals surface area contributed by atoms with Gasteiger partial charge in [0.2, 0.25) is 5.91 Å². The number of aromatic nitrogens is 1. The Bertz CT molecular complexity index is 1380. The van der Waals surface area contributed by atoms with Crippen molar-refractivity contribution in [1.82, 2.24) is 20.5 Å². The number of hydrogen-bond acceptors (Lipinski definition) is 6. The van der Waals surface area contributed by atoms with Gasteiger partial charge < -0.3 is 20.1 Å². The third-order valence-electron chi connectivity index (χ3n) is 6.72. The summed E-state index contributed by atoms with van der Waals surface area (Å²) in [6.07, 6.45) is 3.61. The number of rotatable bonds is 6. The van der Waals surface area contributed by atoms with Gasteiger partial charge in [-0.2, -0.15) is 0 Å². The molecule has 1 atom stereocenters. The maximum Gasteiger partial charge on any atom is 0.253 e. The van der Waals surface area contributed by atoms with Crippen LogP contribution in [0.1, 0.15) is 41.8 Å². The lowest BCUT2D eigenvalue weighted by atomic mass is 10.00. The fourth-order valence-corrected chi connectivity index (χ4v) is 5.03. The lowest BCUT2D eigenvalue weighted by molar-refractivity contribution is -0.123. The number of benzene rings is 2. The van der Waals surface area contributed by atoms with Gasteiger partial charge in [-0.25, -0.2) is 4.39 Å². The van der Waals surface area contributed by atoms with Crippen molar-refractivity contribution in [3.05, 3.63) is 76.3 Å². The molecule has 0 fully saturated rings. The third-order valence-corrected chi connectivity index (χ3v) is 7.07. The van der Waals surface area contributed by atoms with Crippen LogP contribution in [0.25, 0.3) is 11.1 Å². The molecule has 2 N–H and O–H groups in total. The number of methoxy groups -OCH3 is 2. The van der Waals surface area contributed by atoms with Gasteiger partial charge in [0.05, 0.1) is 19.8 Å². The SMILES string of the molecule is COc1cc2cc(c1OC)-c1cncc(c1)C(=O)N[C@H](CC(C)C)C(=O)NCCN(Cc1ccc(F)cc1Cl)C2. The fraction of sp³-hybridized carbons (Fsp3) is 0.367. The molecule has 0 saturated carbocycles. The van der Waals surface area contributed by atoms with E-state index in [1.54, 1.807) is 32.5 Å². The Labute approximate surface area is 238 Å². The van der Waals surface area contributed by atoms with Gasteiger partial charge in [0.25, 0.3) is 5.91 Å². The van der Waals surface area contributed by atoms with Crippen molar-refractivity contribution in [2.24, 2.45) is 5.92 Å². The molecule has 1 aliphatic heterocycles. The van der Waals surface area contributed by atoms with Crippen LogP contribution in [0.3, 0.4) is 0 Å². The predicted molar refractivity (Wildman–Crippen MR) is 152 cm³/mol. The van der Waals surface area contributed by atoms with E-state index < -0.39 is 11.9 Å². The minimum Gasteiger partial charge on any atom is -0.493 e. The van der Waals surface area contributed by atoms with Gasteiger partial charge in [-0.1, -0.05) is 31.5 Å². The first-order chi connectivity index (χ1) is 19.2. The molecule has 10 heteroatoms. The molecule has 3 aromatic rings. The first kappa shape index (κ1) is 29.3. The number of amides is 2. The molecule has 2 heterocycles. The second-order valence-electron chi connectivity index (χ2n) is 10.2. The third kappa shape index (κ3) is 7.08. The number of nitrogens with one attached hydrogen (secondary N) is 2. The minimum absolute atomic E-state index is 0.179. The summed E-state index contributed by atoms with van der Waals surface area (Å²) in [6.45, 7) is 5.69. The number of pyridine rings is 1. The number of carbonyl (C=O) groups is 2. The molecule has 2 aromatic carbocycles. The lowest BCUT2D eigenvalue weighted by Crippen LogP contribution is -2.48. The highest BCUT2D eigenvalue weighted by atomic mass is 35.5. The summed E-state index contributed by atoms with van der Waals surface area (Å²) < 4.78 is 25.1. The van der Waals surface area contributed by atoms with Crippen molar-refractivity contribution in [1.29, 1.82) is 0 Å². The molecule has 0 spiro atoms. The molecule has 0 unspecified atom stereocenters. The second kappa shape index (κ2) is 13.1. The summed E-state index contributed by atoms with van der Waals surface area (Å²) in [4.78, 5) is 32.8. The quantitative estimate of drug-likeness (QED) is 0.442. The van der Waals surface area contributed by atoms with E-state index in [9.17, 15) is 14.0 Å². The molecule has 8 nitrogen and oxygen atoms in total. The zero-order valence-corrected chi connectivity index (χ0v) is 23.8. The van der Waals surface area contributed by atoms with E-state index in [2.05, 4.69) is 20.5 Å². The van der Waals surface area contributed by atoms with Gasteiger partial charge >= 0.3 is 0 Å². The molecule has 1 aliphatic rings. The second-order valence-corrected chi connectivity index (χ2v) is 10.6. The van der Waals surface area contributed by atoms with Crippen LogP contribution in [0.15, 0.2) is 48.8 Å². The highest BCUT2D eigenvalue weighted by molar-refractivity contribution is 6.31. The van der Waals surface area contributed by atoms with E-state index in [4.69, 9.17) is 21.1 Å². The zero-order chi connectivity index (χ0) is 28.8. The maximum absolute atomic E-state index is 13.7. The predicted octanol–water partition coefficient (Wildman–Crippen LogP) is 4.83. The van der Waals surface area contributed by atoms with Gasteiger partial charge in [-0.15, -0.1) is 0 Å². The monoisotopic (exact) mass is 568 g/mol. The molecular formula is C30H34ClFN4O4. The van der Waals surface area contributed by atoms with Gasteiger partial charge in [-0.05, 0) is 53.8 Å². The largest absolute Gasteiger partial charge is 0.493 e. The van der Waals surface area contributed by atoms with Gasteiger partial charge in [0, 0.05) is 54.7 Å². The van der Waals surface area contributed by atoms with E-state index in [1.165, 1.54) is 18.3 Å². The Hall–Kier alpha value is -3.69. The summed E-state index contributed by atoms with van der Waals surface area (Å²) in [5, 5.41) is 6.19. The van der Waals surface area contributed by atoms with Gasteiger partial charge in [0.15, 0.2) is 11.5 Å². The fourth-order valence-electron chi connectivity index (χ4n) is 4.81. The van der Waals surface area contributed by atoms with Crippen molar-refractivity contribution < 1.29 is 23.5 Å². The normalized spacial score (nSPS) is 16.5. The number of fused-ring (bicyclic) bond motifs is 5. The van der Waals surface area contributed by atoms with Crippen molar-refractivity contribution >= 4 is 23.4 Å². The van der Waals surface area contributed by atoms with E-state index in [1.807, 2.05) is 26.0 Å². The Morgan fingerprint density at radius 3 is 2.58 bits per heavy atom. The van der Waals surface area contributed by atoms with Crippen molar-refractivity contribution in [2.75, 3.05) is 27.3 Å². The molecule has 0 radical (unpaired) electrons. The smallest absolute Gasteiger partial charge is 0.253 e. The van der Waals surface area contributed by atoms with E-state index >= 15 is 0 Å². The Morgan fingerprint density at radius 1 is 1.10 bits per heavy atom. The van der Waals surface area contributed by atoms with Crippen LogP contribution in [0.4, 0.5) is 4.39 Å². The number of ether oxygens (including phenoxy) is 2. The van der Waals surface area contributed by atoms with Crippen molar-refractivity contribution in [3.63, 3.8) is 0 Å². The van der Waals surface area contributed by atoms with Crippen LogP contribution in [0.2, 0.25) is 5.02 Å². The number of carbonyl (C=O) groups excluding carboxylic acids is 2. The standard InChI is InChI=1S/C30H34ClFN4O4/c1-18(2)9-26-30(38)34-7-8-36(17-20-5-6-23(32)13-25(20)31)16-19-10-24(28(40-4)27(11-19)39-3)21-12-22(15-33-14-21)29(37)35-26/h5-6,10-15,18,26H,7-9,16-17H2,1-4H3,(H,34,38)(H,35,37)/t26-/m1/s1. The number of halogens is 2. The van der Waals surface area contributed by atoms with E-state index in [0.717, 1.165) is 11.1 Å². The van der Waals surface area contributed by atoms with Crippen LogP contribution in [0, 0.1) is 11.7 Å². The maximum atomic E-state index is 13.7. The average molecular weight is 569 g/mol. The van der Waals surface area contributed by atoms with Crippen LogP contribution in [-0.2, 0) is 17.9 Å². The summed E-state index contributed by atoms with van der Waals surface area (Å²) in [7, 11) is 3.13. The van der Waals surface area contributed by atoms with Crippen LogP contribution in [0.5, 0.6) is 11.5 Å². The zero-order valence-electron chi connectivity index (χ0n) is 23.1. The summed E-state index contributed by atoms with van der Waals surface area (Å²) in [5.74, 6) is 0.163. The average Bonchev–Trinajstić information content (AvgIpc) is 2.92. The summed E-state index contributed by atoms with van der Waals surface area (Å²) in [5.41, 5.74) is 3.36. The topological polar surface area (TPSA) is 92.8 Å². The molecular weight excluding hydrogens is 535 g/mol. The molecule has 0 aliphatic carbocycles. The molecule has 4 rings (SSSR count). The lowest BCUT2D eigenvalue weighted by Gasteiger charge is -2.25. The molecule has 1 aromatic heterocycles. The molecule has 40 heavy (non-hydrogen) atoms. The Morgan fingerprint density at radius 2 is 1.88 bits per heavy atom. The van der Waals surface area contributed by atoms with Crippen LogP contribution < -0.4 is 20.1 Å².